The molecule has 0 spiro atoms. The molecule has 0 fully saturated rings. The molecule has 3 aromatic carbocycles. The van der Waals surface area contributed by atoms with Gasteiger partial charge in [-0.05, 0) is 60.4 Å². The number of esters is 1. The molecule has 58 heavy (non-hydrogen) atoms. The van der Waals surface area contributed by atoms with E-state index in [1.54, 1.807) is 54.6 Å². The van der Waals surface area contributed by atoms with Crippen LogP contribution in [-0.2, 0) is 56.1 Å². The number of ether oxygens (including phenoxy) is 2. The second kappa shape index (κ2) is 22.2. The molecule has 0 aromatic heterocycles. The number of hydrogen-bond acceptors (Lipinski definition) is 11. The summed E-state index contributed by atoms with van der Waals surface area (Å²) in [6.45, 7) is -1.47. The van der Waals surface area contributed by atoms with Gasteiger partial charge in [-0.15, -0.1) is 0 Å². The van der Waals surface area contributed by atoms with Crippen molar-refractivity contribution >= 4 is 64.8 Å². The Morgan fingerprint density at radius 3 is 1.98 bits per heavy atom. The summed E-state index contributed by atoms with van der Waals surface area (Å²) in [4.78, 5) is 110. The molecule has 0 saturated carbocycles. The van der Waals surface area contributed by atoms with Gasteiger partial charge in [0, 0.05) is 48.5 Å². The molecule has 4 rings (SSSR count). The number of benzene rings is 3. The smallest absolute Gasteiger partial charge is 0.411 e. The van der Waals surface area contributed by atoms with Crippen molar-refractivity contribution in [1.29, 1.82) is 0 Å². The van der Waals surface area contributed by atoms with Crippen LogP contribution < -0.4 is 32.3 Å². The predicted octanol–water partition coefficient (Wildman–Crippen LogP) is 1.46. The third-order valence-electron chi connectivity index (χ3n) is 8.36. The number of carbonyl (C=O) groups excluding carboxylic acids is 9. The van der Waals surface area contributed by atoms with Gasteiger partial charge in [-0.2, -0.15) is 0 Å². The fourth-order valence-electron chi connectivity index (χ4n) is 5.34. The molecule has 3 aromatic rings. The zero-order valence-electron chi connectivity index (χ0n) is 31.3. The predicted molar refractivity (Wildman–Crippen MR) is 207 cm³/mol. The number of nitrogens with one attached hydrogen (secondary N) is 5. The molecule has 1 atom stereocenters. The SMILES string of the molecule is NC(=O)c1ccc(NC(=O)OCc2ccc(NC(=O)CNC(=O)[C@H](Cc3ccccc3)NC(=O)COC(=O)CNC(=O)CCCCCN3C(=O)C=CC3=O)cc2)cc1. The maximum absolute atomic E-state index is 13.1. The molecule has 8 amide bonds. The minimum Gasteiger partial charge on any atom is -0.454 e. The summed E-state index contributed by atoms with van der Waals surface area (Å²) < 4.78 is 10.2. The third kappa shape index (κ3) is 15.0. The Hall–Kier alpha value is -7.37. The number of rotatable bonds is 21. The fraction of sp³-hybridized carbons (Fsp3) is 0.275. The Morgan fingerprint density at radius 1 is 0.655 bits per heavy atom. The van der Waals surface area contributed by atoms with Crippen LogP contribution >= 0.6 is 0 Å². The average Bonchev–Trinajstić information content (AvgIpc) is 3.53. The molecule has 0 bridgehead atoms. The summed E-state index contributed by atoms with van der Waals surface area (Å²) in [5.74, 6) is -4.64. The first-order chi connectivity index (χ1) is 27.9. The van der Waals surface area contributed by atoms with E-state index in [-0.39, 0.29) is 37.8 Å². The molecule has 0 saturated heterocycles. The van der Waals surface area contributed by atoms with Gasteiger partial charge in [0.25, 0.3) is 17.7 Å². The zero-order chi connectivity index (χ0) is 41.9. The van der Waals surface area contributed by atoms with Crippen LogP contribution in [0.2, 0.25) is 0 Å². The molecule has 7 N–H and O–H groups in total. The zero-order valence-corrected chi connectivity index (χ0v) is 31.3. The van der Waals surface area contributed by atoms with E-state index in [9.17, 15) is 43.2 Å². The molecule has 0 aliphatic carbocycles. The van der Waals surface area contributed by atoms with Crippen molar-refractivity contribution in [3.8, 4) is 0 Å². The van der Waals surface area contributed by atoms with Gasteiger partial charge < -0.3 is 36.5 Å². The first-order valence-electron chi connectivity index (χ1n) is 18.2. The van der Waals surface area contributed by atoms with Gasteiger partial charge in [-0.1, -0.05) is 48.9 Å². The number of anilines is 2. The van der Waals surface area contributed by atoms with Gasteiger partial charge in [0.15, 0.2) is 6.61 Å². The van der Waals surface area contributed by atoms with Crippen LogP contribution in [0.25, 0.3) is 0 Å². The highest BCUT2D eigenvalue weighted by molar-refractivity contribution is 6.12. The minimum absolute atomic E-state index is 0.0642. The summed E-state index contributed by atoms with van der Waals surface area (Å²) in [6.07, 6.45) is 3.42. The van der Waals surface area contributed by atoms with Crippen molar-refractivity contribution in [1.82, 2.24) is 20.9 Å². The van der Waals surface area contributed by atoms with Gasteiger partial charge >= 0.3 is 12.1 Å². The van der Waals surface area contributed by atoms with Crippen molar-refractivity contribution in [3.05, 3.63) is 108 Å². The number of nitrogens with two attached hydrogens (primary N) is 1. The monoisotopic (exact) mass is 797 g/mol. The Balaban J connectivity index is 1.14. The highest BCUT2D eigenvalue weighted by atomic mass is 16.5. The van der Waals surface area contributed by atoms with Gasteiger partial charge in [-0.25, -0.2) is 4.79 Å². The number of primary amides is 1. The lowest BCUT2D eigenvalue weighted by Crippen LogP contribution is -2.50. The van der Waals surface area contributed by atoms with Crippen LogP contribution in [0.1, 0.15) is 47.2 Å². The summed E-state index contributed by atoms with van der Waals surface area (Å²) in [5, 5.41) is 12.6. The maximum atomic E-state index is 13.1. The van der Waals surface area contributed by atoms with E-state index in [2.05, 4.69) is 26.6 Å². The van der Waals surface area contributed by atoms with E-state index in [0.717, 1.165) is 4.90 Å². The Labute approximate surface area is 332 Å². The molecule has 18 heteroatoms. The standard InChI is InChI=1S/C40H43N7O11/c41-38(54)28-12-16-30(17-13-28)45-40(56)58-24-27-10-14-29(15-11-27)44-33(49)22-43-39(55)31(21-26-7-3-1-4-8-26)46-34(50)25-57-37(53)23-42-32(48)9-5-2-6-20-47-35(51)18-19-36(47)52/h1,3-4,7-8,10-19,31H,2,5-6,9,20-25H2,(H2,41,54)(H,42,48)(H,43,55)(H,44,49)(H,45,56)(H,46,50)/t31-/m0/s1. The molecule has 0 unspecified atom stereocenters. The number of amides is 8. The molecule has 304 valence electrons. The molecule has 0 radical (unpaired) electrons. The quantitative estimate of drug-likeness (QED) is 0.0511. The Bertz CT molecular complexity index is 1990. The molecule has 1 aliphatic rings. The maximum Gasteiger partial charge on any atom is 0.411 e. The van der Waals surface area contributed by atoms with Gasteiger partial charge in [0.05, 0.1) is 6.54 Å². The summed E-state index contributed by atoms with van der Waals surface area (Å²) in [5.41, 5.74) is 7.64. The summed E-state index contributed by atoms with van der Waals surface area (Å²) in [6, 6.07) is 20.0. The molecule has 18 nitrogen and oxygen atoms in total. The topological polar surface area (TPSA) is 262 Å². The van der Waals surface area contributed by atoms with Crippen LogP contribution in [-0.4, -0.2) is 90.6 Å². The second-order valence-corrected chi connectivity index (χ2v) is 12.8. The number of carbonyl (C=O) groups is 9. The first kappa shape index (κ1) is 43.4. The third-order valence-corrected chi connectivity index (χ3v) is 8.36. The molecule has 1 heterocycles. The van der Waals surface area contributed by atoms with Crippen molar-refractivity contribution in [2.45, 2.75) is 44.8 Å². The summed E-state index contributed by atoms with van der Waals surface area (Å²) >= 11 is 0. The van der Waals surface area contributed by atoms with Gasteiger partial charge in [-0.3, -0.25) is 48.6 Å². The van der Waals surface area contributed by atoms with E-state index in [1.165, 1.54) is 36.4 Å². The van der Waals surface area contributed by atoms with E-state index >= 15 is 0 Å². The van der Waals surface area contributed by atoms with E-state index < -0.39 is 67.3 Å². The normalized spacial score (nSPS) is 12.2. The highest BCUT2D eigenvalue weighted by Crippen LogP contribution is 2.13. The van der Waals surface area contributed by atoms with Crippen molar-refractivity contribution in [2.24, 2.45) is 5.73 Å². The fourth-order valence-corrected chi connectivity index (χ4v) is 5.34. The van der Waals surface area contributed by atoms with Crippen LogP contribution in [0.15, 0.2) is 91.0 Å². The molecular weight excluding hydrogens is 754 g/mol. The van der Waals surface area contributed by atoms with E-state index in [1.807, 2.05) is 0 Å². The largest absolute Gasteiger partial charge is 0.454 e. The molecular formula is C40H43N7O11. The minimum atomic E-state index is -1.13. The molecule has 1 aliphatic heterocycles. The van der Waals surface area contributed by atoms with Crippen LogP contribution in [0.3, 0.4) is 0 Å². The number of nitrogens with zero attached hydrogens (tertiary/aromatic N) is 1. The first-order valence-corrected chi connectivity index (χ1v) is 18.2. The number of hydrogen-bond donors (Lipinski definition) is 6. The van der Waals surface area contributed by atoms with Gasteiger partial charge in [0.2, 0.25) is 23.6 Å². The lowest BCUT2D eigenvalue weighted by molar-refractivity contribution is -0.148. The Kier molecular flexibility index (Phi) is 16.6. The number of unbranched alkanes of at least 4 members (excludes halogenated alkanes) is 2. The summed E-state index contributed by atoms with van der Waals surface area (Å²) in [7, 11) is 0. The number of imide groups is 1. The van der Waals surface area contributed by atoms with Gasteiger partial charge in [0.1, 0.15) is 19.2 Å². The van der Waals surface area contributed by atoms with Crippen LogP contribution in [0.5, 0.6) is 0 Å². The lowest BCUT2D eigenvalue weighted by Gasteiger charge is -2.19. The van der Waals surface area contributed by atoms with Crippen molar-refractivity contribution in [2.75, 3.05) is 36.9 Å². The van der Waals surface area contributed by atoms with Crippen LogP contribution in [0, 0.1) is 0 Å². The average molecular weight is 798 g/mol. The van der Waals surface area contributed by atoms with Crippen LogP contribution in [0.4, 0.5) is 16.2 Å². The van der Waals surface area contributed by atoms with E-state index in [4.69, 9.17) is 15.2 Å². The van der Waals surface area contributed by atoms with E-state index in [0.29, 0.717) is 47.3 Å². The van der Waals surface area contributed by atoms with Crippen molar-refractivity contribution < 1.29 is 52.6 Å². The van der Waals surface area contributed by atoms with Crippen molar-refractivity contribution in [3.63, 3.8) is 0 Å². The Morgan fingerprint density at radius 2 is 1.31 bits per heavy atom. The second-order valence-electron chi connectivity index (χ2n) is 12.8. The lowest BCUT2D eigenvalue weighted by atomic mass is 10.1. The highest BCUT2D eigenvalue weighted by Gasteiger charge is 2.24.